The summed E-state index contributed by atoms with van der Waals surface area (Å²) in [7, 11) is 0. The van der Waals surface area contributed by atoms with E-state index < -0.39 is 5.54 Å². The molecule has 0 saturated heterocycles. The number of amides is 1. The van der Waals surface area contributed by atoms with Gasteiger partial charge < -0.3 is 11.1 Å². The van der Waals surface area contributed by atoms with Crippen molar-refractivity contribution < 1.29 is 4.79 Å². The summed E-state index contributed by atoms with van der Waals surface area (Å²) in [6.07, 6.45) is 0.953. The summed E-state index contributed by atoms with van der Waals surface area (Å²) in [6.45, 7) is 11.8. The zero-order chi connectivity index (χ0) is 11.6. The van der Waals surface area contributed by atoms with Crippen molar-refractivity contribution in [2.75, 3.05) is 0 Å². The summed E-state index contributed by atoms with van der Waals surface area (Å²) in [5.41, 5.74) is 4.73. The van der Waals surface area contributed by atoms with Crippen LogP contribution in [0.1, 0.15) is 48.0 Å². The molecule has 0 radical (unpaired) electrons. The molecule has 0 saturated carbocycles. The Morgan fingerprint density at radius 1 is 1.29 bits per heavy atom. The maximum Gasteiger partial charge on any atom is 0.239 e. The van der Waals surface area contributed by atoms with Crippen molar-refractivity contribution in [1.29, 1.82) is 0 Å². The fraction of sp³-hybridized carbons (Fsp3) is 0.909. The van der Waals surface area contributed by atoms with E-state index in [1.165, 1.54) is 0 Å². The van der Waals surface area contributed by atoms with Gasteiger partial charge in [0.1, 0.15) is 0 Å². The Morgan fingerprint density at radius 2 is 1.71 bits per heavy atom. The SMILES string of the molecule is CC(C)CC(C)(C)NC(=O)C(C)(C)N. The third kappa shape index (κ3) is 5.22. The van der Waals surface area contributed by atoms with Crippen LogP contribution in [0.3, 0.4) is 0 Å². The van der Waals surface area contributed by atoms with Crippen molar-refractivity contribution in [3.63, 3.8) is 0 Å². The first-order chi connectivity index (χ1) is 6.04. The van der Waals surface area contributed by atoms with E-state index in [0.717, 1.165) is 6.42 Å². The highest BCUT2D eigenvalue weighted by molar-refractivity contribution is 5.85. The van der Waals surface area contributed by atoms with Crippen molar-refractivity contribution in [2.24, 2.45) is 11.7 Å². The number of nitrogens with one attached hydrogen (secondary N) is 1. The molecule has 3 nitrogen and oxygen atoms in total. The second-order valence-corrected chi connectivity index (χ2v) is 5.66. The van der Waals surface area contributed by atoms with Gasteiger partial charge in [0.2, 0.25) is 5.91 Å². The Balaban J connectivity index is 4.30. The van der Waals surface area contributed by atoms with E-state index in [9.17, 15) is 4.79 Å². The van der Waals surface area contributed by atoms with Gasteiger partial charge in [-0.2, -0.15) is 0 Å². The van der Waals surface area contributed by atoms with E-state index in [0.29, 0.717) is 5.92 Å². The molecule has 0 aromatic rings. The highest BCUT2D eigenvalue weighted by Gasteiger charge is 2.28. The maximum absolute atomic E-state index is 11.6. The third-order valence-corrected chi connectivity index (χ3v) is 1.96. The number of hydrogen-bond acceptors (Lipinski definition) is 2. The minimum absolute atomic E-state index is 0.0943. The normalized spacial score (nSPS) is 13.1. The Bertz CT molecular complexity index is 202. The fourth-order valence-corrected chi connectivity index (χ4v) is 1.54. The first-order valence-electron chi connectivity index (χ1n) is 5.16. The predicted molar refractivity (Wildman–Crippen MR) is 59.9 cm³/mol. The molecule has 0 unspecified atom stereocenters. The van der Waals surface area contributed by atoms with Crippen LogP contribution in [-0.2, 0) is 4.79 Å². The summed E-state index contributed by atoms with van der Waals surface area (Å²) in [5, 5.41) is 2.96. The van der Waals surface area contributed by atoms with Crippen molar-refractivity contribution in [2.45, 2.75) is 59.0 Å². The van der Waals surface area contributed by atoms with Crippen molar-refractivity contribution in [3.8, 4) is 0 Å². The van der Waals surface area contributed by atoms with Gasteiger partial charge in [0.25, 0.3) is 0 Å². The Morgan fingerprint density at radius 3 is 2.00 bits per heavy atom. The standard InChI is InChI=1S/C11H24N2O/c1-8(2)7-10(3,4)13-9(14)11(5,6)12/h8H,7,12H2,1-6H3,(H,13,14). The molecule has 0 aromatic carbocycles. The first-order valence-corrected chi connectivity index (χ1v) is 5.16. The molecule has 0 rings (SSSR count). The summed E-state index contributed by atoms with van der Waals surface area (Å²) in [5.74, 6) is 0.467. The zero-order valence-corrected chi connectivity index (χ0v) is 10.3. The van der Waals surface area contributed by atoms with Crippen molar-refractivity contribution in [3.05, 3.63) is 0 Å². The van der Waals surface area contributed by atoms with E-state index in [4.69, 9.17) is 5.73 Å². The van der Waals surface area contributed by atoms with E-state index in [1.807, 2.05) is 13.8 Å². The minimum Gasteiger partial charge on any atom is -0.350 e. The highest BCUT2D eigenvalue weighted by atomic mass is 16.2. The van der Waals surface area contributed by atoms with Gasteiger partial charge >= 0.3 is 0 Å². The van der Waals surface area contributed by atoms with Gasteiger partial charge in [0.15, 0.2) is 0 Å². The van der Waals surface area contributed by atoms with Crippen LogP contribution in [0.2, 0.25) is 0 Å². The monoisotopic (exact) mass is 200 g/mol. The van der Waals surface area contributed by atoms with Crippen LogP contribution in [0.15, 0.2) is 0 Å². The van der Waals surface area contributed by atoms with Crippen LogP contribution in [0.25, 0.3) is 0 Å². The van der Waals surface area contributed by atoms with Crippen LogP contribution < -0.4 is 11.1 Å². The molecule has 0 aliphatic rings. The van der Waals surface area contributed by atoms with E-state index in [-0.39, 0.29) is 11.4 Å². The number of hydrogen-bond donors (Lipinski definition) is 2. The number of rotatable bonds is 4. The third-order valence-electron chi connectivity index (χ3n) is 1.96. The average Bonchev–Trinajstić information content (AvgIpc) is 1.79. The molecule has 0 aliphatic carbocycles. The van der Waals surface area contributed by atoms with Gasteiger partial charge in [-0.25, -0.2) is 0 Å². The molecule has 0 spiro atoms. The number of nitrogens with two attached hydrogens (primary N) is 1. The van der Waals surface area contributed by atoms with Crippen molar-refractivity contribution in [1.82, 2.24) is 5.32 Å². The summed E-state index contributed by atoms with van der Waals surface area (Å²) in [4.78, 5) is 11.6. The molecule has 0 aliphatic heterocycles. The molecule has 84 valence electrons. The van der Waals surface area contributed by atoms with Crippen LogP contribution in [0, 0.1) is 5.92 Å². The highest BCUT2D eigenvalue weighted by Crippen LogP contribution is 2.16. The minimum atomic E-state index is -0.797. The topological polar surface area (TPSA) is 55.1 Å². The molecular weight excluding hydrogens is 176 g/mol. The molecule has 1 amide bonds. The number of carbonyl (C=O) groups is 1. The van der Waals surface area contributed by atoms with Crippen LogP contribution in [-0.4, -0.2) is 17.0 Å². The molecule has 0 heterocycles. The smallest absolute Gasteiger partial charge is 0.239 e. The second kappa shape index (κ2) is 4.30. The van der Waals surface area contributed by atoms with Gasteiger partial charge in [-0.05, 0) is 40.0 Å². The first kappa shape index (κ1) is 13.4. The Hall–Kier alpha value is -0.570. The largest absolute Gasteiger partial charge is 0.350 e. The molecule has 0 bridgehead atoms. The lowest BCUT2D eigenvalue weighted by atomic mass is 9.91. The molecule has 3 N–H and O–H groups in total. The van der Waals surface area contributed by atoms with Gasteiger partial charge in [0.05, 0.1) is 5.54 Å². The quantitative estimate of drug-likeness (QED) is 0.725. The van der Waals surface area contributed by atoms with Gasteiger partial charge in [-0.3, -0.25) is 4.79 Å². The Kier molecular flexibility index (Phi) is 4.13. The van der Waals surface area contributed by atoms with E-state index in [1.54, 1.807) is 13.8 Å². The molecule has 0 aromatic heterocycles. The number of carbonyl (C=O) groups excluding carboxylic acids is 1. The van der Waals surface area contributed by atoms with Crippen LogP contribution in [0.4, 0.5) is 0 Å². The van der Waals surface area contributed by atoms with E-state index >= 15 is 0 Å². The Labute approximate surface area is 87.4 Å². The van der Waals surface area contributed by atoms with E-state index in [2.05, 4.69) is 19.2 Å². The summed E-state index contributed by atoms with van der Waals surface area (Å²) in [6, 6.07) is 0. The van der Waals surface area contributed by atoms with Crippen LogP contribution in [0.5, 0.6) is 0 Å². The second-order valence-electron chi connectivity index (χ2n) is 5.66. The average molecular weight is 200 g/mol. The zero-order valence-electron chi connectivity index (χ0n) is 10.3. The lowest BCUT2D eigenvalue weighted by Gasteiger charge is -2.31. The lowest BCUT2D eigenvalue weighted by molar-refractivity contribution is -0.127. The molecule has 14 heavy (non-hydrogen) atoms. The summed E-state index contributed by atoms with van der Waals surface area (Å²) < 4.78 is 0. The molecule has 0 atom stereocenters. The predicted octanol–water partition coefficient (Wildman–Crippen LogP) is 1.66. The van der Waals surface area contributed by atoms with Crippen molar-refractivity contribution >= 4 is 5.91 Å². The molecule has 0 fully saturated rings. The van der Waals surface area contributed by atoms with Gasteiger partial charge in [-0.1, -0.05) is 13.8 Å². The lowest BCUT2D eigenvalue weighted by Crippen LogP contribution is -2.55. The molecular formula is C11H24N2O. The van der Waals surface area contributed by atoms with Gasteiger partial charge in [0, 0.05) is 5.54 Å². The molecule has 3 heteroatoms. The fourth-order valence-electron chi connectivity index (χ4n) is 1.54. The summed E-state index contributed by atoms with van der Waals surface area (Å²) >= 11 is 0. The van der Waals surface area contributed by atoms with Crippen LogP contribution >= 0.6 is 0 Å². The maximum atomic E-state index is 11.6. The van der Waals surface area contributed by atoms with Gasteiger partial charge in [-0.15, -0.1) is 0 Å².